The van der Waals surface area contributed by atoms with Crippen LogP contribution in [-0.4, -0.2) is 25.0 Å². The molecule has 8 nitrogen and oxygen atoms in total. The Morgan fingerprint density at radius 3 is 2.45 bits per heavy atom. The lowest BCUT2D eigenvalue weighted by molar-refractivity contribution is -0.116. The molecule has 2 aromatic heterocycles. The number of carbonyl (C=O) groups excluding carboxylic acids is 1. The molecule has 4 aromatic rings. The Labute approximate surface area is 179 Å². The summed E-state index contributed by atoms with van der Waals surface area (Å²) in [6, 6.07) is 12.1. The molecule has 4 rings (SSSR count). The van der Waals surface area contributed by atoms with Crippen LogP contribution >= 0.6 is 11.6 Å². The Bertz CT molecular complexity index is 1400. The third kappa shape index (κ3) is 4.22. The van der Waals surface area contributed by atoms with Gasteiger partial charge in [0.15, 0.2) is 11.2 Å². The third-order valence-electron chi connectivity index (χ3n) is 4.55. The number of benzene rings is 2. The van der Waals surface area contributed by atoms with Gasteiger partial charge < -0.3 is 5.32 Å². The summed E-state index contributed by atoms with van der Waals surface area (Å²) in [6.45, 7) is -0.528. The summed E-state index contributed by atoms with van der Waals surface area (Å²) < 4.78 is 15.2. The summed E-state index contributed by atoms with van der Waals surface area (Å²) in [7, 11) is 0. The zero-order valence-corrected chi connectivity index (χ0v) is 16.7. The first-order valence-electron chi connectivity index (χ1n) is 9.17. The van der Waals surface area contributed by atoms with Crippen LogP contribution in [0.5, 0.6) is 0 Å². The summed E-state index contributed by atoms with van der Waals surface area (Å²) in [4.78, 5) is 46.7. The molecule has 0 bridgehead atoms. The van der Waals surface area contributed by atoms with Gasteiger partial charge in [-0.15, -0.1) is 0 Å². The molecule has 0 atom stereocenters. The number of nitrogens with zero attached hydrogens (tertiary/aromatic N) is 4. The van der Waals surface area contributed by atoms with Crippen LogP contribution in [0.25, 0.3) is 11.2 Å². The fraction of sp³-hybridized carbons (Fsp3) is 0.0952. The molecule has 0 fully saturated rings. The van der Waals surface area contributed by atoms with Crippen LogP contribution < -0.4 is 16.6 Å². The maximum Gasteiger partial charge on any atom is 0.333 e. The van der Waals surface area contributed by atoms with Gasteiger partial charge in [0.05, 0.1) is 17.3 Å². The van der Waals surface area contributed by atoms with Crippen molar-refractivity contribution in [3.63, 3.8) is 0 Å². The number of para-hydroxylation sites is 1. The van der Waals surface area contributed by atoms with Crippen molar-refractivity contribution in [2.75, 3.05) is 5.32 Å². The molecule has 0 radical (unpaired) electrons. The monoisotopic (exact) mass is 439 g/mol. The van der Waals surface area contributed by atoms with Crippen LogP contribution in [0, 0.1) is 5.82 Å². The van der Waals surface area contributed by atoms with Crippen LogP contribution in [-0.2, 0) is 17.9 Å². The van der Waals surface area contributed by atoms with Gasteiger partial charge in [-0.1, -0.05) is 35.9 Å². The average molecular weight is 440 g/mol. The average Bonchev–Trinajstić information content (AvgIpc) is 2.77. The van der Waals surface area contributed by atoms with Gasteiger partial charge in [-0.2, -0.15) is 0 Å². The summed E-state index contributed by atoms with van der Waals surface area (Å²) in [5.41, 5.74) is -0.540. The minimum atomic E-state index is -0.739. The second-order valence-electron chi connectivity index (χ2n) is 6.64. The zero-order valence-electron chi connectivity index (χ0n) is 16.0. The van der Waals surface area contributed by atoms with Gasteiger partial charge in [0, 0.05) is 12.4 Å². The maximum absolute atomic E-state index is 13.2. The standard InChI is InChI=1S/C21H15ClFN5O3/c22-15-3-1-2-4-16(15)26-17(29)12-27-19-18(24-9-10-25-19)20(30)28(21(27)31)11-13-5-7-14(23)8-6-13/h1-10H,11-12H2,(H,26,29). The van der Waals surface area contributed by atoms with Gasteiger partial charge in [-0.05, 0) is 29.8 Å². The molecule has 31 heavy (non-hydrogen) atoms. The number of nitrogens with one attached hydrogen (secondary N) is 1. The SMILES string of the molecule is O=C(Cn1c(=O)n(Cc2ccc(F)cc2)c(=O)c2nccnc21)Nc1ccccc1Cl. The number of hydrogen-bond donors (Lipinski definition) is 1. The van der Waals surface area contributed by atoms with E-state index in [2.05, 4.69) is 15.3 Å². The Kier molecular flexibility index (Phi) is 5.59. The third-order valence-corrected chi connectivity index (χ3v) is 4.88. The molecular weight excluding hydrogens is 425 g/mol. The van der Waals surface area contributed by atoms with E-state index in [9.17, 15) is 18.8 Å². The van der Waals surface area contributed by atoms with Crippen molar-refractivity contribution in [3.05, 3.63) is 98.2 Å². The molecule has 0 saturated heterocycles. The van der Waals surface area contributed by atoms with E-state index < -0.39 is 29.5 Å². The molecule has 0 aliphatic heterocycles. The highest BCUT2D eigenvalue weighted by Crippen LogP contribution is 2.20. The molecule has 0 saturated carbocycles. The second kappa shape index (κ2) is 8.49. The van der Waals surface area contributed by atoms with E-state index in [0.29, 0.717) is 16.3 Å². The van der Waals surface area contributed by atoms with Gasteiger partial charge in [0.25, 0.3) is 5.56 Å². The first-order valence-corrected chi connectivity index (χ1v) is 9.55. The van der Waals surface area contributed by atoms with E-state index in [1.54, 1.807) is 24.3 Å². The van der Waals surface area contributed by atoms with Gasteiger partial charge in [-0.3, -0.25) is 18.7 Å². The number of halogens is 2. The minimum absolute atomic E-state index is 0.0119. The molecule has 0 unspecified atom stereocenters. The summed E-state index contributed by atoms with van der Waals surface area (Å²) in [5, 5.41) is 2.97. The lowest BCUT2D eigenvalue weighted by Gasteiger charge is -2.13. The van der Waals surface area contributed by atoms with Crippen LogP contribution in [0.3, 0.4) is 0 Å². The van der Waals surface area contributed by atoms with E-state index >= 15 is 0 Å². The second-order valence-corrected chi connectivity index (χ2v) is 7.05. The van der Waals surface area contributed by atoms with Crippen molar-refractivity contribution in [1.82, 2.24) is 19.1 Å². The smallest absolute Gasteiger partial charge is 0.323 e. The van der Waals surface area contributed by atoms with Crippen molar-refractivity contribution in [2.24, 2.45) is 0 Å². The molecule has 0 aliphatic carbocycles. The van der Waals surface area contributed by atoms with E-state index in [1.807, 2.05) is 0 Å². The predicted molar refractivity (Wildman–Crippen MR) is 114 cm³/mol. The molecule has 1 N–H and O–H groups in total. The van der Waals surface area contributed by atoms with E-state index in [4.69, 9.17) is 11.6 Å². The molecule has 0 aliphatic rings. The van der Waals surface area contributed by atoms with Crippen LogP contribution in [0.15, 0.2) is 70.5 Å². The molecular formula is C21H15ClFN5O3. The fourth-order valence-corrected chi connectivity index (χ4v) is 3.26. The lowest BCUT2D eigenvalue weighted by Crippen LogP contribution is -2.42. The van der Waals surface area contributed by atoms with Gasteiger partial charge in [0.2, 0.25) is 5.91 Å². The van der Waals surface area contributed by atoms with E-state index in [-0.39, 0.29) is 17.7 Å². The van der Waals surface area contributed by atoms with Gasteiger partial charge >= 0.3 is 5.69 Å². The molecule has 2 aromatic carbocycles. The number of carbonyl (C=O) groups is 1. The van der Waals surface area contributed by atoms with Crippen molar-refractivity contribution in [2.45, 2.75) is 13.1 Å². The Balaban J connectivity index is 1.76. The van der Waals surface area contributed by atoms with E-state index in [0.717, 1.165) is 9.13 Å². The number of hydrogen-bond acceptors (Lipinski definition) is 5. The minimum Gasteiger partial charge on any atom is -0.323 e. The number of amides is 1. The molecule has 10 heteroatoms. The molecule has 156 valence electrons. The summed E-state index contributed by atoms with van der Waals surface area (Å²) >= 11 is 6.07. The highest BCUT2D eigenvalue weighted by Gasteiger charge is 2.18. The number of anilines is 1. The van der Waals surface area contributed by atoms with Crippen molar-refractivity contribution in [1.29, 1.82) is 0 Å². The van der Waals surface area contributed by atoms with Crippen LogP contribution in [0.1, 0.15) is 5.56 Å². The summed E-state index contributed by atoms with van der Waals surface area (Å²) in [6.07, 6.45) is 2.65. The maximum atomic E-state index is 13.2. The highest BCUT2D eigenvalue weighted by molar-refractivity contribution is 6.33. The number of rotatable bonds is 5. The Hall–Kier alpha value is -3.85. The number of aromatic nitrogens is 4. The normalized spacial score (nSPS) is 10.9. The highest BCUT2D eigenvalue weighted by atomic mass is 35.5. The van der Waals surface area contributed by atoms with Crippen LogP contribution in [0.4, 0.5) is 10.1 Å². The first kappa shape index (κ1) is 20.4. The van der Waals surface area contributed by atoms with E-state index in [1.165, 1.54) is 36.7 Å². The lowest BCUT2D eigenvalue weighted by atomic mass is 10.2. The predicted octanol–water partition coefficient (Wildman–Crippen LogP) is 2.43. The quantitative estimate of drug-likeness (QED) is 0.515. The van der Waals surface area contributed by atoms with Crippen molar-refractivity contribution in [3.8, 4) is 0 Å². The number of fused-ring (bicyclic) bond motifs is 1. The summed E-state index contributed by atoms with van der Waals surface area (Å²) in [5.74, 6) is -0.969. The Morgan fingerprint density at radius 2 is 1.71 bits per heavy atom. The topological polar surface area (TPSA) is 98.9 Å². The first-order chi connectivity index (χ1) is 14.9. The fourth-order valence-electron chi connectivity index (χ4n) is 3.08. The largest absolute Gasteiger partial charge is 0.333 e. The van der Waals surface area contributed by atoms with Crippen LogP contribution in [0.2, 0.25) is 5.02 Å². The van der Waals surface area contributed by atoms with Crippen molar-refractivity contribution >= 4 is 34.4 Å². The van der Waals surface area contributed by atoms with Gasteiger partial charge in [0.1, 0.15) is 12.4 Å². The Morgan fingerprint density at radius 1 is 1.00 bits per heavy atom. The van der Waals surface area contributed by atoms with Crippen molar-refractivity contribution < 1.29 is 9.18 Å². The molecule has 2 heterocycles. The van der Waals surface area contributed by atoms with Gasteiger partial charge in [-0.25, -0.2) is 19.2 Å². The zero-order chi connectivity index (χ0) is 22.0. The molecule has 0 spiro atoms. The molecule has 1 amide bonds.